The Hall–Kier alpha value is -3.32. The van der Waals surface area contributed by atoms with Crippen LogP contribution < -0.4 is 0 Å². The number of ether oxygens (including phenoxy) is 1. The van der Waals surface area contributed by atoms with Crippen molar-refractivity contribution in [3.8, 4) is 23.0 Å². The van der Waals surface area contributed by atoms with Crippen LogP contribution in [0, 0.1) is 0 Å². The molecule has 1 aromatic carbocycles. The van der Waals surface area contributed by atoms with Crippen LogP contribution in [0.5, 0.6) is 0 Å². The molecule has 128 valence electrons. The van der Waals surface area contributed by atoms with Crippen molar-refractivity contribution in [3.63, 3.8) is 0 Å². The first kappa shape index (κ1) is 15.0. The second kappa shape index (κ2) is 6.20. The molecule has 0 amide bonds. The lowest BCUT2D eigenvalue weighted by molar-refractivity contribution is 0.00330. The SMILES string of the molecule is c1ccc([C@@H]2Cn3cnc(-c4nc(-c5cccnc5)no4)c3CO2)cc1. The van der Waals surface area contributed by atoms with Crippen LogP contribution >= 0.6 is 0 Å². The molecule has 0 saturated carbocycles. The Balaban J connectivity index is 1.43. The molecule has 4 aromatic rings. The monoisotopic (exact) mass is 345 g/mol. The van der Waals surface area contributed by atoms with Crippen LogP contribution in [0.3, 0.4) is 0 Å². The van der Waals surface area contributed by atoms with E-state index < -0.39 is 0 Å². The standard InChI is InChI=1S/C19H15N5O2/c1-2-5-13(6-3-1)16-10-24-12-21-17(15(24)11-25-16)19-22-18(23-26-19)14-7-4-8-20-9-14/h1-9,12,16H,10-11H2/t16-/m0/s1. The molecular weight excluding hydrogens is 330 g/mol. The Morgan fingerprint density at radius 1 is 1.08 bits per heavy atom. The number of hydrogen-bond donors (Lipinski definition) is 0. The van der Waals surface area contributed by atoms with E-state index in [-0.39, 0.29) is 6.10 Å². The normalized spacial score (nSPS) is 16.4. The van der Waals surface area contributed by atoms with Crippen LogP contribution in [0.1, 0.15) is 17.4 Å². The van der Waals surface area contributed by atoms with Crippen molar-refractivity contribution < 1.29 is 9.26 Å². The third-order valence-corrected chi connectivity index (χ3v) is 4.45. The van der Waals surface area contributed by atoms with Crippen LogP contribution in [-0.4, -0.2) is 24.7 Å². The van der Waals surface area contributed by atoms with Crippen molar-refractivity contribution >= 4 is 0 Å². The zero-order chi connectivity index (χ0) is 17.3. The van der Waals surface area contributed by atoms with Gasteiger partial charge in [-0.1, -0.05) is 35.5 Å². The van der Waals surface area contributed by atoms with E-state index in [2.05, 4.69) is 36.8 Å². The number of benzene rings is 1. The van der Waals surface area contributed by atoms with Crippen LogP contribution in [0.4, 0.5) is 0 Å². The van der Waals surface area contributed by atoms with Crippen molar-refractivity contribution in [2.45, 2.75) is 19.3 Å². The van der Waals surface area contributed by atoms with Crippen molar-refractivity contribution in [1.29, 1.82) is 0 Å². The van der Waals surface area contributed by atoms with Gasteiger partial charge in [-0.3, -0.25) is 4.98 Å². The van der Waals surface area contributed by atoms with Crippen molar-refractivity contribution in [3.05, 3.63) is 72.4 Å². The summed E-state index contributed by atoms with van der Waals surface area (Å²) in [6.45, 7) is 1.15. The lowest BCUT2D eigenvalue weighted by Crippen LogP contribution is -2.20. The topological polar surface area (TPSA) is 78.9 Å². The summed E-state index contributed by atoms with van der Waals surface area (Å²) in [5.41, 5.74) is 3.57. The van der Waals surface area contributed by atoms with Crippen LogP contribution in [0.15, 0.2) is 65.7 Å². The predicted octanol–water partition coefficient (Wildman–Crippen LogP) is 3.27. The highest BCUT2D eigenvalue weighted by atomic mass is 16.5. The Kier molecular flexibility index (Phi) is 3.57. The average molecular weight is 345 g/mol. The Morgan fingerprint density at radius 2 is 2.00 bits per heavy atom. The summed E-state index contributed by atoms with van der Waals surface area (Å²) < 4.78 is 13.6. The first-order valence-electron chi connectivity index (χ1n) is 8.33. The van der Waals surface area contributed by atoms with E-state index in [0.29, 0.717) is 30.6 Å². The van der Waals surface area contributed by atoms with Gasteiger partial charge in [-0.25, -0.2) is 4.98 Å². The lowest BCUT2D eigenvalue weighted by Gasteiger charge is -2.25. The summed E-state index contributed by atoms with van der Waals surface area (Å²) in [4.78, 5) is 13.0. The summed E-state index contributed by atoms with van der Waals surface area (Å²) in [5.74, 6) is 0.883. The Morgan fingerprint density at radius 3 is 2.85 bits per heavy atom. The maximum atomic E-state index is 6.04. The van der Waals surface area contributed by atoms with E-state index in [1.165, 1.54) is 0 Å². The zero-order valence-corrected chi connectivity index (χ0v) is 13.8. The first-order chi connectivity index (χ1) is 12.9. The molecule has 0 aliphatic carbocycles. The van der Waals surface area contributed by atoms with Crippen molar-refractivity contribution in [2.75, 3.05) is 0 Å². The lowest BCUT2D eigenvalue weighted by atomic mass is 10.1. The minimum Gasteiger partial charge on any atom is -0.365 e. The highest BCUT2D eigenvalue weighted by Crippen LogP contribution is 2.31. The van der Waals surface area contributed by atoms with E-state index in [0.717, 1.165) is 16.8 Å². The van der Waals surface area contributed by atoms with E-state index in [4.69, 9.17) is 9.26 Å². The van der Waals surface area contributed by atoms with Gasteiger partial charge < -0.3 is 13.8 Å². The van der Waals surface area contributed by atoms with Gasteiger partial charge in [0.2, 0.25) is 5.82 Å². The van der Waals surface area contributed by atoms with Gasteiger partial charge in [0.15, 0.2) is 5.69 Å². The largest absolute Gasteiger partial charge is 0.365 e. The molecule has 0 fully saturated rings. The summed E-state index contributed by atoms with van der Waals surface area (Å²) in [6, 6.07) is 13.9. The van der Waals surface area contributed by atoms with E-state index in [1.54, 1.807) is 18.7 Å². The number of nitrogens with zero attached hydrogens (tertiary/aromatic N) is 5. The van der Waals surface area contributed by atoms with Gasteiger partial charge in [-0.05, 0) is 17.7 Å². The first-order valence-corrected chi connectivity index (χ1v) is 8.33. The summed E-state index contributed by atoms with van der Waals surface area (Å²) in [6.07, 6.45) is 5.22. The van der Waals surface area contributed by atoms with Gasteiger partial charge in [-0.15, -0.1) is 0 Å². The molecule has 5 rings (SSSR count). The molecule has 7 nitrogen and oxygen atoms in total. The fraction of sp³-hybridized carbons (Fsp3) is 0.158. The molecule has 1 aliphatic heterocycles. The maximum absolute atomic E-state index is 6.04. The highest BCUT2D eigenvalue weighted by molar-refractivity contribution is 5.58. The second-order valence-corrected chi connectivity index (χ2v) is 6.07. The van der Waals surface area contributed by atoms with E-state index in [9.17, 15) is 0 Å². The number of aromatic nitrogens is 5. The molecule has 3 aromatic heterocycles. The van der Waals surface area contributed by atoms with Crippen molar-refractivity contribution in [2.24, 2.45) is 0 Å². The van der Waals surface area contributed by atoms with Gasteiger partial charge in [0.25, 0.3) is 5.89 Å². The average Bonchev–Trinajstić information content (AvgIpc) is 3.36. The third-order valence-electron chi connectivity index (χ3n) is 4.45. The smallest absolute Gasteiger partial charge is 0.278 e. The molecule has 0 spiro atoms. The summed E-state index contributed by atoms with van der Waals surface area (Å²) >= 11 is 0. The Labute approximate surface area is 149 Å². The summed E-state index contributed by atoms with van der Waals surface area (Å²) in [5, 5.41) is 4.04. The zero-order valence-electron chi connectivity index (χ0n) is 13.8. The van der Waals surface area contributed by atoms with E-state index >= 15 is 0 Å². The number of rotatable bonds is 3. The fourth-order valence-electron chi connectivity index (χ4n) is 3.11. The van der Waals surface area contributed by atoms with Gasteiger partial charge >= 0.3 is 0 Å². The van der Waals surface area contributed by atoms with Gasteiger partial charge in [0.05, 0.1) is 25.2 Å². The third kappa shape index (κ3) is 2.58. The minimum atomic E-state index is 0.0133. The molecular formula is C19H15N5O2. The fourth-order valence-corrected chi connectivity index (χ4v) is 3.11. The molecule has 4 heterocycles. The maximum Gasteiger partial charge on any atom is 0.278 e. The van der Waals surface area contributed by atoms with Crippen molar-refractivity contribution in [1.82, 2.24) is 24.7 Å². The molecule has 1 aliphatic rings. The summed E-state index contributed by atoms with van der Waals surface area (Å²) in [7, 11) is 0. The molecule has 1 atom stereocenters. The molecule has 26 heavy (non-hydrogen) atoms. The number of imidazole rings is 1. The van der Waals surface area contributed by atoms with Crippen LogP contribution in [0.2, 0.25) is 0 Å². The van der Waals surface area contributed by atoms with Crippen LogP contribution in [-0.2, 0) is 17.9 Å². The second-order valence-electron chi connectivity index (χ2n) is 6.07. The molecule has 0 radical (unpaired) electrons. The van der Waals surface area contributed by atoms with E-state index in [1.807, 2.05) is 30.3 Å². The Bertz CT molecular complexity index is 1030. The number of fused-ring (bicyclic) bond motifs is 1. The number of pyridine rings is 1. The molecule has 7 heteroatoms. The quantitative estimate of drug-likeness (QED) is 0.567. The highest BCUT2D eigenvalue weighted by Gasteiger charge is 2.26. The minimum absolute atomic E-state index is 0.0133. The predicted molar refractivity (Wildman–Crippen MR) is 92.7 cm³/mol. The van der Waals surface area contributed by atoms with Gasteiger partial charge in [0.1, 0.15) is 6.10 Å². The van der Waals surface area contributed by atoms with Gasteiger partial charge in [-0.2, -0.15) is 4.98 Å². The number of hydrogen-bond acceptors (Lipinski definition) is 6. The molecule has 0 N–H and O–H groups in total. The molecule has 0 saturated heterocycles. The molecule has 0 unspecified atom stereocenters. The molecule has 0 bridgehead atoms. The van der Waals surface area contributed by atoms with Crippen LogP contribution in [0.25, 0.3) is 23.0 Å². The van der Waals surface area contributed by atoms with Gasteiger partial charge in [0, 0.05) is 18.0 Å².